The molecule has 0 fully saturated rings. The number of carbonyl (C=O) groups excluding carboxylic acids is 2. The molecule has 3 aromatic rings. The largest absolute Gasteiger partial charge is 0.416 e. The zero-order valence-corrected chi connectivity index (χ0v) is 25.1. The van der Waals surface area contributed by atoms with Crippen LogP contribution in [0.3, 0.4) is 0 Å². The van der Waals surface area contributed by atoms with Crippen LogP contribution >= 0.6 is 11.6 Å². The molecule has 0 heterocycles. The van der Waals surface area contributed by atoms with Gasteiger partial charge in [0.05, 0.1) is 16.1 Å². The van der Waals surface area contributed by atoms with Gasteiger partial charge in [0.15, 0.2) is 0 Å². The van der Waals surface area contributed by atoms with Crippen LogP contribution < -0.4 is 9.62 Å². The minimum atomic E-state index is -4.75. The number of rotatable bonds is 12. The number of amides is 2. The third-order valence-corrected chi connectivity index (χ3v) is 8.59. The Kier molecular flexibility index (Phi) is 11.0. The molecule has 0 unspecified atom stereocenters. The van der Waals surface area contributed by atoms with Crippen molar-refractivity contribution in [1.82, 2.24) is 10.2 Å². The highest BCUT2D eigenvalue weighted by Gasteiger charge is 2.35. The van der Waals surface area contributed by atoms with E-state index >= 15 is 0 Å². The molecular formula is C30H33ClF3N3O4S. The van der Waals surface area contributed by atoms with E-state index in [-0.39, 0.29) is 23.5 Å². The lowest BCUT2D eigenvalue weighted by Gasteiger charge is -2.33. The lowest BCUT2D eigenvalue weighted by Crippen LogP contribution is -2.52. The van der Waals surface area contributed by atoms with E-state index in [0.717, 1.165) is 17.7 Å². The van der Waals surface area contributed by atoms with Crippen molar-refractivity contribution in [2.75, 3.05) is 17.4 Å². The molecule has 7 nitrogen and oxygen atoms in total. The molecule has 0 saturated carbocycles. The second kappa shape index (κ2) is 14.1. The van der Waals surface area contributed by atoms with Crippen molar-refractivity contribution in [3.05, 3.63) is 94.5 Å². The third kappa shape index (κ3) is 8.25. The van der Waals surface area contributed by atoms with Gasteiger partial charge < -0.3 is 10.2 Å². The summed E-state index contributed by atoms with van der Waals surface area (Å²) in [6.45, 7) is 4.81. The van der Waals surface area contributed by atoms with E-state index in [1.807, 2.05) is 6.92 Å². The molecule has 0 spiro atoms. The highest BCUT2D eigenvalue weighted by molar-refractivity contribution is 7.92. The molecule has 0 radical (unpaired) electrons. The molecule has 0 aliphatic rings. The van der Waals surface area contributed by atoms with Crippen LogP contribution in [0, 0.1) is 6.92 Å². The molecule has 3 rings (SSSR count). The summed E-state index contributed by atoms with van der Waals surface area (Å²) < 4.78 is 69.2. The van der Waals surface area contributed by atoms with Gasteiger partial charge in [0.1, 0.15) is 12.6 Å². The van der Waals surface area contributed by atoms with E-state index in [1.54, 1.807) is 50.2 Å². The van der Waals surface area contributed by atoms with E-state index in [2.05, 4.69) is 5.32 Å². The number of nitrogens with zero attached hydrogens (tertiary/aromatic N) is 2. The van der Waals surface area contributed by atoms with Crippen LogP contribution in [-0.2, 0) is 32.3 Å². The number of anilines is 1. The van der Waals surface area contributed by atoms with Crippen molar-refractivity contribution < 1.29 is 31.2 Å². The van der Waals surface area contributed by atoms with Gasteiger partial charge in [-0.25, -0.2) is 8.42 Å². The number of halogens is 4. The fraction of sp³-hybridized carbons (Fsp3) is 0.333. The Morgan fingerprint density at radius 3 is 2.19 bits per heavy atom. The van der Waals surface area contributed by atoms with Crippen LogP contribution in [0.15, 0.2) is 77.7 Å². The highest BCUT2D eigenvalue weighted by Crippen LogP contribution is 2.33. The number of benzene rings is 3. The molecule has 3 aromatic carbocycles. The maximum atomic E-state index is 14.0. The second-order valence-corrected chi connectivity index (χ2v) is 12.0. The fourth-order valence-electron chi connectivity index (χ4n) is 4.28. The van der Waals surface area contributed by atoms with Crippen molar-refractivity contribution in [3.8, 4) is 0 Å². The summed E-state index contributed by atoms with van der Waals surface area (Å²) >= 11 is 6.01. The maximum absolute atomic E-state index is 14.0. The van der Waals surface area contributed by atoms with E-state index in [4.69, 9.17) is 11.6 Å². The Morgan fingerprint density at radius 1 is 0.976 bits per heavy atom. The van der Waals surface area contributed by atoms with Gasteiger partial charge in [-0.15, -0.1) is 0 Å². The van der Waals surface area contributed by atoms with Gasteiger partial charge in [0.25, 0.3) is 10.0 Å². The van der Waals surface area contributed by atoms with E-state index in [1.165, 1.54) is 23.1 Å². The van der Waals surface area contributed by atoms with Gasteiger partial charge >= 0.3 is 6.18 Å². The summed E-state index contributed by atoms with van der Waals surface area (Å²) in [6.07, 6.45) is -3.88. The Bertz CT molecular complexity index is 1480. The molecule has 12 heteroatoms. The second-order valence-electron chi connectivity index (χ2n) is 9.74. The first-order valence-electron chi connectivity index (χ1n) is 13.4. The Balaban J connectivity index is 2.11. The Morgan fingerprint density at radius 2 is 1.62 bits per heavy atom. The number of alkyl halides is 3. The summed E-state index contributed by atoms with van der Waals surface area (Å²) in [7, 11) is -4.51. The maximum Gasteiger partial charge on any atom is 0.416 e. The Hall–Kier alpha value is -3.57. The predicted molar refractivity (Wildman–Crippen MR) is 157 cm³/mol. The highest BCUT2D eigenvalue weighted by atomic mass is 35.5. The van der Waals surface area contributed by atoms with E-state index < -0.39 is 46.2 Å². The third-order valence-electron chi connectivity index (χ3n) is 6.55. The monoisotopic (exact) mass is 623 g/mol. The SMILES string of the molecule is CCCNC(=O)[C@@H](CC)N(Cc1ccc(Cl)cc1)C(=O)CN(c1cccc(C(F)(F)F)c1)S(=O)(=O)c1ccc(C)cc1. The molecule has 0 aliphatic carbocycles. The van der Waals surface area contributed by atoms with Crippen LogP contribution in [0.25, 0.3) is 0 Å². The molecule has 42 heavy (non-hydrogen) atoms. The van der Waals surface area contributed by atoms with Gasteiger partial charge in [0.2, 0.25) is 11.8 Å². The van der Waals surface area contributed by atoms with Crippen molar-refractivity contribution >= 4 is 39.1 Å². The van der Waals surface area contributed by atoms with Gasteiger partial charge in [-0.3, -0.25) is 13.9 Å². The minimum absolute atomic E-state index is 0.0605. The quantitative estimate of drug-likeness (QED) is 0.260. The summed E-state index contributed by atoms with van der Waals surface area (Å²) in [5.74, 6) is -1.19. The lowest BCUT2D eigenvalue weighted by molar-refractivity contribution is -0.140. The molecule has 0 aliphatic heterocycles. The van der Waals surface area contributed by atoms with Crippen LogP contribution in [0.5, 0.6) is 0 Å². The first-order valence-corrected chi connectivity index (χ1v) is 15.2. The molecule has 0 saturated heterocycles. The van der Waals surface area contributed by atoms with Crippen LogP contribution in [0.1, 0.15) is 43.4 Å². The first-order chi connectivity index (χ1) is 19.8. The van der Waals surface area contributed by atoms with Crippen LogP contribution in [0.2, 0.25) is 5.02 Å². The normalized spacial score (nSPS) is 12.5. The van der Waals surface area contributed by atoms with E-state index in [0.29, 0.717) is 33.9 Å². The number of carbonyl (C=O) groups is 2. The predicted octanol–water partition coefficient (Wildman–Crippen LogP) is 6.20. The molecule has 2 amide bonds. The van der Waals surface area contributed by atoms with E-state index in [9.17, 15) is 31.2 Å². The molecule has 0 aromatic heterocycles. The molecule has 1 atom stereocenters. The molecular weight excluding hydrogens is 591 g/mol. The summed E-state index contributed by atoms with van der Waals surface area (Å²) in [6, 6.07) is 15.2. The first kappa shape index (κ1) is 32.9. The average Bonchev–Trinajstić information content (AvgIpc) is 2.95. The van der Waals surface area contributed by atoms with Crippen molar-refractivity contribution in [2.45, 2.75) is 57.3 Å². The van der Waals surface area contributed by atoms with Gasteiger partial charge in [-0.1, -0.05) is 61.3 Å². The summed E-state index contributed by atoms with van der Waals surface area (Å²) in [5, 5.41) is 3.24. The number of hydrogen-bond donors (Lipinski definition) is 1. The fourth-order valence-corrected chi connectivity index (χ4v) is 5.81. The van der Waals surface area contributed by atoms with Crippen molar-refractivity contribution in [2.24, 2.45) is 0 Å². The van der Waals surface area contributed by atoms with Gasteiger partial charge in [-0.2, -0.15) is 13.2 Å². The zero-order valence-electron chi connectivity index (χ0n) is 23.5. The van der Waals surface area contributed by atoms with Crippen LogP contribution in [-0.4, -0.2) is 44.3 Å². The van der Waals surface area contributed by atoms with Gasteiger partial charge in [-0.05, 0) is 67.8 Å². The van der Waals surface area contributed by atoms with Crippen molar-refractivity contribution in [3.63, 3.8) is 0 Å². The summed E-state index contributed by atoms with van der Waals surface area (Å²) in [5.41, 5.74) is -0.0104. The molecule has 1 N–H and O–H groups in total. The molecule has 226 valence electrons. The Labute approximate surface area is 249 Å². The number of aryl methyl sites for hydroxylation is 1. The minimum Gasteiger partial charge on any atom is -0.354 e. The topological polar surface area (TPSA) is 86.8 Å². The lowest BCUT2D eigenvalue weighted by atomic mass is 10.1. The standard InChI is InChI=1S/C30H33ClF3N3O4S/c1-4-17-35-29(39)27(5-2)36(19-22-11-13-24(31)14-12-22)28(38)20-37(25-8-6-7-23(18-25)30(32,33)34)42(40,41)26-15-9-21(3)10-16-26/h6-16,18,27H,4-5,17,19-20H2,1-3H3,(H,35,39)/t27-/m1/s1. The van der Waals surface area contributed by atoms with Crippen LogP contribution in [0.4, 0.5) is 18.9 Å². The number of nitrogens with one attached hydrogen (secondary N) is 1. The summed E-state index contributed by atoms with van der Waals surface area (Å²) in [4.78, 5) is 28.1. The molecule has 0 bridgehead atoms. The number of sulfonamides is 1. The smallest absolute Gasteiger partial charge is 0.354 e. The average molecular weight is 624 g/mol. The zero-order chi connectivity index (χ0) is 31.1. The number of hydrogen-bond acceptors (Lipinski definition) is 4. The van der Waals surface area contributed by atoms with Crippen molar-refractivity contribution in [1.29, 1.82) is 0 Å². The van der Waals surface area contributed by atoms with Gasteiger partial charge in [0, 0.05) is 18.1 Å².